The van der Waals surface area contributed by atoms with Crippen molar-refractivity contribution in [3.63, 3.8) is 0 Å². The van der Waals surface area contributed by atoms with E-state index >= 15 is 0 Å². The maximum absolute atomic E-state index is 11.4. The molecule has 0 aromatic heterocycles. The maximum Gasteiger partial charge on any atom is 0.356 e. The summed E-state index contributed by atoms with van der Waals surface area (Å²) in [5, 5.41) is 28.4. The third-order valence-corrected chi connectivity index (χ3v) is 2.68. The zero-order valence-corrected chi connectivity index (χ0v) is 10.3. The van der Waals surface area contributed by atoms with E-state index < -0.39 is 42.6 Å². The molecule has 0 aromatic carbocycles. The predicted octanol–water partition coefficient (Wildman–Crippen LogP) is -1.88. The summed E-state index contributed by atoms with van der Waals surface area (Å²) in [5.74, 6) is 2.10. The highest BCUT2D eigenvalue weighted by Crippen LogP contribution is 2.22. The van der Waals surface area contributed by atoms with Crippen LogP contribution >= 0.6 is 0 Å². The minimum absolute atomic E-state index is 0.275. The monoisotopic (exact) mass is 279 g/mol. The molecule has 110 valence electrons. The number of hydrogen-bond donors (Lipinski definition) is 4. The van der Waals surface area contributed by atoms with Crippen LogP contribution in [0.2, 0.25) is 0 Å². The van der Waals surface area contributed by atoms with E-state index in [1.54, 1.807) is 6.92 Å². The van der Waals surface area contributed by atoms with Crippen LogP contribution in [0.4, 0.5) is 0 Å². The molecule has 19 heavy (non-hydrogen) atoms. The van der Waals surface area contributed by atoms with Crippen LogP contribution in [0.15, 0.2) is 0 Å². The SMILES string of the molecule is CCCC1O[C@H](C(=O)O)[C@H](O)[C@H](O)[C@H](C(=O)ON)O1. The molecule has 0 saturated carbocycles. The molecule has 5 atom stereocenters. The maximum atomic E-state index is 11.4. The van der Waals surface area contributed by atoms with Crippen molar-refractivity contribution in [2.24, 2.45) is 5.90 Å². The first-order chi connectivity index (χ1) is 8.92. The van der Waals surface area contributed by atoms with Gasteiger partial charge in [0.2, 0.25) is 0 Å². The van der Waals surface area contributed by atoms with E-state index in [-0.39, 0.29) is 6.42 Å². The summed E-state index contributed by atoms with van der Waals surface area (Å²) in [5.41, 5.74) is 0. The van der Waals surface area contributed by atoms with Crippen LogP contribution in [-0.2, 0) is 23.9 Å². The second-order valence-electron chi connectivity index (χ2n) is 4.09. The molecule has 9 nitrogen and oxygen atoms in total. The Balaban J connectivity index is 2.98. The number of hydrogen-bond acceptors (Lipinski definition) is 8. The molecule has 0 amide bonds. The fourth-order valence-corrected chi connectivity index (χ4v) is 1.72. The molecular weight excluding hydrogens is 262 g/mol. The Morgan fingerprint density at radius 1 is 1.21 bits per heavy atom. The Morgan fingerprint density at radius 3 is 2.21 bits per heavy atom. The van der Waals surface area contributed by atoms with Gasteiger partial charge in [-0.2, -0.15) is 5.90 Å². The minimum Gasteiger partial charge on any atom is -0.479 e. The predicted molar refractivity (Wildman–Crippen MR) is 58.4 cm³/mol. The zero-order valence-electron chi connectivity index (χ0n) is 10.3. The van der Waals surface area contributed by atoms with Gasteiger partial charge in [0.1, 0.15) is 12.2 Å². The quantitative estimate of drug-likeness (QED) is 0.434. The van der Waals surface area contributed by atoms with E-state index in [9.17, 15) is 19.8 Å². The van der Waals surface area contributed by atoms with Gasteiger partial charge in [-0.3, -0.25) is 0 Å². The van der Waals surface area contributed by atoms with Crippen molar-refractivity contribution < 1.29 is 39.2 Å². The number of carboxylic acids is 1. The third-order valence-electron chi connectivity index (χ3n) is 2.68. The van der Waals surface area contributed by atoms with Gasteiger partial charge >= 0.3 is 11.9 Å². The van der Waals surface area contributed by atoms with Crippen molar-refractivity contribution in [3.05, 3.63) is 0 Å². The first-order valence-electron chi connectivity index (χ1n) is 5.72. The van der Waals surface area contributed by atoms with Gasteiger partial charge in [0, 0.05) is 0 Å². The van der Waals surface area contributed by atoms with E-state index in [1.165, 1.54) is 0 Å². The molecule has 1 rings (SSSR count). The molecule has 1 unspecified atom stereocenters. The number of aliphatic hydroxyl groups excluding tert-OH is 2. The second-order valence-corrected chi connectivity index (χ2v) is 4.09. The molecule has 0 radical (unpaired) electrons. The molecule has 0 bridgehead atoms. The average molecular weight is 279 g/mol. The van der Waals surface area contributed by atoms with Gasteiger partial charge in [-0.25, -0.2) is 9.59 Å². The first-order valence-corrected chi connectivity index (χ1v) is 5.72. The summed E-state index contributed by atoms with van der Waals surface area (Å²) < 4.78 is 10.2. The third kappa shape index (κ3) is 3.61. The first kappa shape index (κ1) is 15.8. The van der Waals surface area contributed by atoms with Gasteiger partial charge in [-0.1, -0.05) is 13.3 Å². The summed E-state index contributed by atoms with van der Waals surface area (Å²) in [6.07, 6.45) is -7.20. The van der Waals surface area contributed by atoms with Crippen molar-refractivity contribution in [2.45, 2.75) is 50.5 Å². The number of rotatable bonds is 4. The average Bonchev–Trinajstić information content (AvgIpc) is 2.49. The largest absolute Gasteiger partial charge is 0.479 e. The second kappa shape index (κ2) is 6.78. The zero-order chi connectivity index (χ0) is 14.6. The molecule has 0 aromatic rings. The fraction of sp³-hybridized carbons (Fsp3) is 0.800. The summed E-state index contributed by atoms with van der Waals surface area (Å²) >= 11 is 0. The highest BCUT2D eigenvalue weighted by Gasteiger charge is 2.46. The normalized spacial score (nSPS) is 35.5. The molecule has 1 aliphatic rings. The van der Waals surface area contributed by atoms with Crippen molar-refractivity contribution in [1.29, 1.82) is 0 Å². The highest BCUT2D eigenvalue weighted by molar-refractivity contribution is 5.77. The Labute approximate surface area is 108 Å². The molecule has 1 fully saturated rings. The van der Waals surface area contributed by atoms with Crippen LogP contribution in [0.25, 0.3) is 0 Å². The Bertz CT molecular complexity index is 335. The number of nitrogens with two attached hydrogens (primary N) is 1. The van der Waals surface area contributed by atoms with Crippen LogP contribution in [0.5, 0.6) is 0 Å². The lowest BCUT2D eigenvalue weighted by Gasteiger charge is -2.22. The van der Waals surface area contributed by atoms with Gasteiger partial charge in [0.25, 0.3) is 0 Å². The van der Waals surface area contributed by atoms with Crippen molar-refractivity contribution in [2.75, 3.05) is 0 Å². The topological polar surface area (TPSA) is 149 Å². The lowest BCUT2D eigenvalue weighted by atomic mass is 10.0. The van der Waals surface area contributed by atoms with E-state index in [0.29, 0.717) is 6.42 Å². The lowest BCUT2D eigenvalue weighted by Crippen LogP contribution is -2.49. The van der Waals surface area contributed by atoms with Gasteiger partial charge in [-0.15, -0.1) is 0 Å². The fourth-order valence-electron chi connectivity index (χ4n) is 1.72. The number of aliphatic carboxylic acids is 1. The van der Waals surface area contributed by atoms with Crippen LogP contribution in [-0.4, -0.2) is 58.0 Å². The summed E-state index contributed by atoms with van der Waals surface area (Å²) in [4.78, 5) is 26.3. The summed E-state index contributed by atoms with van der Waals surface area (Å²) in [6, 6.07) is 0. The van der Waals surface area contributed by atoms with E-state index in [1.807, 2.05) is 0 Å². The van der Waals surface area contributed by atoms with Crippen molar-refractivity contribution in [1.82, 2.24) is 0 Å². The molecule has 1 saturated heterocycles. The van der Waals surface area contributed by atoms with Gasteiger partial charge in [0.15, 0.2) is 18.5 Å². The van der Waals surface area contributed by atoms with Gasteiger partial charge < -0.3 is 29.6 Å². The smallest absolute Gasteiger partial charge is 0.356 e. The highest BCUT2D eigenvalue weighted by atomic mass is 16.7. The summed E-state index contributed by atoms with van der Waals surface area (Å²) in [6.45, 7) is 1.79. The van der Waals surface area contributed by atoms with E-state index in [0.717, 1.165) is 0 Å². The number of carbonyl (C=O) groups excluding carboxylic acids is 1. The summed E-state index contributed by atoms with van der Waals surface area (Å²) in [7, 11) is 0. The molecule has 9 heteroatoms. The molecule has 0 spiro atoms. The number of carboxylic acid groups (broad SMARTS) is 1. The van der Waals surface area contributed by atoms with Crippen LogP contribution < -0.4 is 5.90 Å². The Morgan fingerprint density at radius 2 is 1.74 bits per heavy atom. The lowest BCUT2D eigenvalue weighted by molar-refractivity contribution is -0.207. The standard InChI is InChI=1S/C10H17NO8/c1-2-3-4-17-7(9(14)15)5(12)6(13)8(18-4)10(16)19-11/h4-8,12-13H,2-3,11H2,1H3,(H,14,15)/t4?,5-,6+,7+,8-/m1/s1. The van der Waals surface area contributed by atoms with Gasteiger partial charge in [-0.05, 0) is 6.42 Å². The number of aliphatic hydroxyl groups is 2. The Hall–Kier alpha value is -1.26. The van der Waals surface area contributed by atoms with Crippen LogP contribution in [0, 0.1) is 0 Å². The van der Waals surface area contributed by atoms with Crippen LogP contribution in [0.1, 0.15) is 19.8 Å². The molecule has 5 N–H and O–H groups in total. The Kier molecular flexibility index (Phi) is 5.63. The van der Waals surface area contributed by atoms with E-state index in [4.69, 9.17) is 20.5 Å². The molecule has 1 heterocycles. The molecule has 0 aliphatic carbocycles. The number of ether oxygens (including phenoxy) is 2. The van der Waals surface area contributed by atoms with Gasteiger partial charge in [0.05, 0.1) is 0 Å². The van der Waals surface area contributed by atoms with E-state index in [2.05, 4.69) is 4.84 Å². The number of carbonyl (C=O) groups is 2. The molecule has 1 aliphatic heterocycles. The van der Waals surface area contributed by atoms with Crippen molar-refractivity contribution >= 4 is 11.9 Å². The van der Waals surface area contributed by atoms with Crippen molar-refractivity contribution in [3.8, 4) is 0 Å². The molecular formula is C10H17NO8. The van der Waals surface area contributed by atoms with Crippen LogP contribution in [0.3, 0.4) is 0 Å². The minimum atomic E-state index is -1.84.